The summed E-state index contributed by atoms with van der Waals surface area (Å²) < 4.78 is 11.3. The molecular weight excluding hydrogens is 368 g/mol. The molecule has 0 radical (unpaired) electrons. The van der Waals surface area contributed by atoms with Crippen molar-refractivity contribution in [3.8, 4) is 17.6 Å². The Morgan fingerprint density at radius 3 is 2.21 bits per heavy atom. The van der Waals surface area contributed by atoms with Gasteiger partial charge in [-0.2, -0.15) is 5.26 Å². The van der Waals surface area contributed by atoms with Crippen molar-refractivity contribution in [1.82, 2.24) is 5.32 Å². The van der Waals surface area contributed by atoms with Gasteiger partial charge in [0.2, 0.25) is 0 Å². The fraction of sp³-hybridized carbons (Fsp3) is 0.348. The maximum absolute atomic E-state index is 12.9. The Kier molecular flexibility index (Phi) is 5.22. The molecule has 1 aliphatic carbocycles. The monoisotopic (exact) mass is 390 g/mol. The number of nitrogens with one attached hydrogen (secondary N) is 1. The standard InChI is InChI=1S/C23H22N2O4/c24-15-23(12-6-1-7-13-23)25-20(26)14-28-22(27)21-16-8-2-4-10-18(16)29-19-11-5-3-9-17(19)21/h2-5,8-11,21H,1,6-7,12-14H2,(H,25,26). The maximum atomic E-state index is 12.9. The molecule has 6 nitrogen and oxygen atoms in total. The lowest BCUT2D eigenvalue weighted by Gasteiger charge is -2.31. The summed E-state index contributed by atoms with van der Waals surface area (Å²) in [5.41, 5.74) is 0.564. The van der Waals surface area contributed by atoms with Crippen LogP contribution < -0.4 is 10.1 Å². The number of nitrogens with zero attached hydrogens (tertiary/aromatic N) is 1. The van der Waals surface area contributed by atoms with Gasteiger partial charge in [-0.25, -0.2) is 0 Å². The largest absolute Gasteiger partial charge is 0.457 e. The molecule has 1 amide bonds. The number of hydrogen-bond acceptors (Lipinski definition) is 5. The highest BCUT2D eigenvalue weighted by molar-refractivity contribution is 5.88. The number of benzene rings is 2. The number of fused-ring (bicyclic) bond motifs is 2. The van der Waals surface area contributed by atoms with E-state index < -0.39 is 29.9 Å². The molecule has 0 aromatic heterocycles. The van der Waals surface area contributed by atoms with E-state index in [4.69, 9.17) is 9.47 Å². The Balaban J connectivity index is 1.48. The number of amides is 1. The van der Waals surface area contributed by atoms with Gasteiger partial charge in [0.15, 0.2) is 6.61 Å². The number of esters is 1. The molecule has 1 saturated carbocycles. The molecule has 1 fully saturated rings. The zero-order valence-electron chi connectivity index (χ0n) is 16.0. The summed E-state index contributed by atoms with van der Waals surface area (Å²) in [6.07, 6.45) is 4.14. The second-order valence-electron chi connectivity index (χ2n) is 7.52. The first-order valence-corrected chi connectivity index (χ1v) is 9.86. The Morgan fingerprint density at radius 2 is 1.62 bits per heavy atom. The topological polar surface area (TPSA) is 88.4 Å². The van der Waals surface area contributed by atoms with Crippen LogP contribution in [0.25, 0.3) is 0 Å². The molecular formula is C23H22N2O4. The first-order valence-electron chi connectivity index (χ1n) is 9.86. The van der Waals surface area contributed by atoms with Gasteiger partial charge in [0.1, 0.15) is 23.0 Å². The van der Waals surface area contributed by atoms with Crippen molar-refractivity contribution >= 4 is 11.9 Å². The first kappa shape index (κ1) is 19.0. The summed E-state index contributed by atoms with van der Waals surface area (Å²) in [4.78, 5) is 25.3. The summed E-state index contributed by atoms with van der Waals surface area (Å²) >= 11 is 0. The smallest absolute Gasteiger partial charge is 0.318 e. The molecule has 1 N–H and O–H groups in total. The third kappa shape index (κ3) is 3.81. The predicted octanol–water partition coefficient (Wildman–Crippen LogP) is 3.81. The van der Waals surface area contributed by atoms with Crippen LogP contribution in [-0.2, 0) is 14.3 Å². The SMILES string of the molecule is N#CC1(NC(=O)COC(=O)C2c3ccccc3Oc3ccccc32)CCCCC1. The lowest BCUT2D eigenvalue weighted by Crippen LogP contribution is -2.50. The van der Waals surface area contributed by atoms with Crippen LogP contribution in [0.15, 0.2) is 48.5 Å². The van der Waals surface area contributed by atoms with Gasteiger partial charge in [-0.05, 0) is 25.0 Å². The first-order chi connectivity index (χ1) is 14.1. The van der Waals surface area contributed by atoms with E-state index in [2.05, 4.69) is 11.4 Å². The van der Waals surface area contributed by atoms with Gasteiger partial charge in [0.25, 0.3) is 5.91 Å². The van der Waals surface area contributed by atoms with Crippen LogP contribution in [0.5, 0.6) is 11.5 Å². The van der Waals surface area contributed by atoms with Gasteiger partial charge in [-0.1, -0.05) is 55.7 Å². The zero-order valence-corrected chi connectivity index (χ0v) is 16.0. The molecule has 0 bridgehead atoms. The molecule has 6 heteroatoms. The second-order valence-corrected chi connectivity index (χ2v) is 7.52. The summed E-state index contributed by atoms with van der Waals surface area (Å²) in [6, 6.07) is 16.8. The van der Waals surface area contributed by atoms with Crippen LogP contribution in [0.1, 0.15) is 49.1 Å². The predicted molar refractivity (Wildman–Crippen MR) is 105 cm³/mol. The average Bonchev–Trinajstić information content (AvgIpc) is 2.76. The van der Waals surface area contributed by atoms with E-state index >= 15 is 0 Å². The summed E-state index contributed by atoms with van der Waals surface area (Å²) in [5, 5.41) is 12.3. The van der Waals surface area contributed by atoms with Crippen molar-refractivity contribution in [1.29, 1.82) is 5.26 Å². The molecule has 1 heterocycles. The highest BCUT2D eigenvalue weighted by Crippen LogP contribution is 2.44. The summed E-state index contributed by atoms with van der Waals surface area (Å²) in [7, 11) is 0. The van der Waals surface area contributed by atoms with E-state index in [0.717, 1.165) is 19.3 Å². The number of rotatable bonds is 4. The molecule has 4 rings (SSSR count). The Labute approximate surface area is 169 Å². The van der Waals surface area contributed by atoms with E-state index in [9.17, 15) is 14.9 Å². The average molecular weight is 390 g/mol. The third-order valence-corrected chi connectivity index (χ3v) is 5.56. The minimum atomic E-state index is -0.848. The highest BCUT2D eigenvalue weighted by atomic mass is 16.5. The molecule has 0 atom stereocenters. The Morgan fingerprint density at radius 1 is 1.03 bits per heavy atom. The molecule has 2 aliphatic rings. The molecule has 0 unspecified atom stereocenters. The second kappa shape index (κ2) is 7.96. The van der Waals surface area contributed by atoms with Crippen LogP contribution >= 0.6 is 0 Å². The molecule has 1 aliphatic heterocycles. The summed E-state index contributed by atoms with van der Waals surface area (Å²) in [6.45, 7) is -0.413. The fourth-order valence-electron chi connectivity index (χ4n) is 4.11. The molecule has 2 aromatic carbocycles. The molecule has 2 aromatic rings. The van der Waals surface area contributed by atoms with Crippen molar-refractivity contribution in [2.75, 3.05) is 6.61 Å². The van der Waals surface area contributed by atoms with E-state index in [-0.39, 0.29) is 0 Å². The quantitative estimate of drug-likeness (QED) is 0.802. The van der Waals surface area contributed by atoms with Crippen LogP contribution in [0.3, 0.4) is 0 Å². The van der Waals surface area contributed by atoms with Gasteiger partial charge in [0.05, 0.1) is 6.07 Å². The molecule has 0 saturated heterocycles. The van der Waals surface area contributed by atoms with Crippen molar-refractivity contribution < 1.29 is 19.1 Å². The Hall–Kier alpha value is -3.33. The zero-order chi connectivity index (χ0) is 20.3. The van der Waals surface area contributed by atoms with E-state index in [1.54, 1.807) is 12.1 Å². The molecule has 29 heavy (non-hydrogen) atoms. The van der Waals surface area contributed by atoms with Crippen LogP contribution in [0.4, 0.5) is 0 Å². The van der Waals surface area contributed by atoms with E-state index in [1.165, 1.54) is 0 Å². The Bertz CT molecular complexity index is 927. The van der Waals surface area contributed by atoms with Crippen LogP contribution in [-0.4, -0.2) is 24.0 Å². The number of carbonyl (C=O) groups excluding carboxylic acids is 2. The van der Waals surface area contributed by atoms with Gasteiger partial charge in [0, 0.05) is 11.1 Å². The van der Waals surface area contributed by atoms with Gasteiger partial charge in [-0.3, -0.25) is 9.59 Å². The van der Waals surface area contributed by atoms with Crippen molar-refractivity contribution in [3.05, 3.63) is 59.7 Å². The van der Waals surface area contributed by atoms with E-state index in [1.807, 2.05) is 36.4 Å². The summed E-state index contributed by atoms with van der Waals surface area (Å²) in [5.74, 6) is -0.427. The molecule has 0 spiro atoms. The van der Waals surface area contributed by atoms with Crippen molar-refractivity contribution in [2.24, 2.45) is 0 Å². The minimum Gasteiger partial charge on any atom is -0.457 e. The van der Waals surface area contributed by atoms with Gasteiger partial charge >= 0.3 is 5.97 Å². The maximum Gasteiger partial charge on any atom is 0.318 e. The van der Waals surface area contributed by atoms with E-state index in [0.29, 0.717) is 35.5 Å². The fourth-order valence-corrected chi connectivity index (χ4v) is 4.11. The number of para-hydroxylation sites is 2. The third-order valence-electron chi connectivity index (χ3n) is 5.56. The number of ether oxygens (including phenoxy) is 2. The van der Waals surface area contributed by atoms with Crippen molar-refractivity contribution in [2.45, 2.75) is 43.6 Å². The lowest BCUT2D eigenvalue weighted by molar-refractivity contribution is -0.149. The normalized spacial score (nSPS) is 17.1. The van der Waals surface area contributed by atoms with Crippen molar-refractivity contribution in [3.63, 3.8) is 0 Å². The number of nitriles is 1. The van der Waals surface area contributed by atoms with Crippen LogP contribution in [0.2, 0.25) is 0 Å². The molecule has 148 valence electrons. The minimum absolute atomic E-state index is 0.413. The number of hydrogen-bond donors (Lipinski definition) is 1. The highest BCUT2D eigenvalue weighted by Gasteiger charge is 2.36. The number of carbonyl (C=O) groups is 2. The van der Waals surface area contributed by atoms with Gasteiger partial charge < -0.3 is 14.8 Å². The van der Waals surface area contributed by atoms with Gasteiger partial charge in [-0.15, -0.1) is 0 Å². The lowest BCUT2D eigenvalue weighted by atomic mass is 9.83. The van der Waals surface area contributed by atoms with Crippen LogP contribution in [0, 0.1) is 11.3 Å².